The number of ether oxygens (including phenoxy) is 1. The van der Waals surface area contributed by atoms with Crippen LogP contribution in [-0.2, 0) is 22.6 Å². The first-order chi connectivity index (χ1) is 14.1. The zero-order valence-electron chi connectivity index (χ0n) is 15.5. The normalized spacial score (nSPS) is 12.2. The highest BCUT2D eigenvalue weighted by Crippen LogP contribution is 2.33. The number of alkyl halides is 3. The maximum atomic E-state index is 12.9. The largest absolute Gasteiger partial charge is 0.497 e. The number of methoxy groups -OCH3 is 1. The zero-order valence-corrected chi connectivity index (χ0v) is 17.1. The first-order valence-electron chi connectivity index (χ1n) is 8.55. The summed E-state index contributed by atoms with van der Waals surface area (Å²) in [5.41, 5.74) is 0.0740. The van der Waals surface area contributed by atoms with E-state index < -0.39 is 26.7 Å². The van der Waals surface area contributed by atoms with E-state index in [1.54, 1.807) is 31.4 Å². The standard InChI is InChI=1S/C19H16ClF3N2O4S/c1-28-15-5-2-12(3-6-15)18-25-14(11-29-18)8-9-24-30(26,27)17-10-13(19(21,22)23)4-7-16(17)20/h2-7,10-11,24H,8-9H2,1H3. The maximum Gasteiger partial charge on any atom is 0.416 e. The van der Waals surface area contributed by atoms with Crippen molar-refractivity contribution in [3.8, 4) is 17.2 Å². The maximum absolute atomic E-state index is 12.9. The fraction of sp³-hybridized carbons (Fsp3) is 0.211. The molecule has 0 radical (unpaired) electrons. The van der Waals surface area contributed by atoms with E-state index in [0.29, 0.717) is 29.0 Å². The molecule has 0 spiro atoms. The summed E-state index contributed by atoms with van der Waals surface area (Å²) < 4.78 is 76.1. The van der Waals surface area contributed by atoms with Gasteiger partial charge in [-0.3, -0.25) is 0 Å². The van der Waals surface area contributed by atoms with Crippen molar-refractivity contribution < 1.29 is 30.7 Å². The van der Waals surface area contributed by atoms with Gasteiger partial charge in [0.25, 0.3) is 0 Å². The quantitative estimate of drug-likeness (QED) is 0.559. The average Bonchev–Trinajstić information content (AvgIpc) is 3.16. The summed E-state index contributed by atoms with van der Waals surface area (Å²) in [7, 11) is -2.70. The molecule has 0 aliphatic carbocycles. The lowest BCUT2D eigenvalue weighted by Crippen LogP contribution is -2.26. The molecule has 0 aliphatic rings. The molecule has 3 rings (SSSR count). The van der Waals surface area contributed by atoms with E-state index in [9.17, 15) is 21.6 Å². The molecular formula is C19H16ClF3N2O4S. The first-order valence-corrected chi connectivity index (χ1v) is 10.4. The first kappa shape index (κ1) is 22.1. The lowest BCUT2D eigenvalue weighted by molar-refractivity contribution is -0.137. The van der Waals surface area contributed by atoms with E-state index in [2.05, 4.69) is 9.71 Å². The smallest absolute Gasteiger partial charge is 0.416 e. The fourth-order valence-corrected chi connectivity index (χ4v) is 4.12. The lowest BCUT2D eigenvalue weighted by Gasteiger charge is -2.11. The predicted octanol–water partition coefficient (Wildman–Crippen LogP) is 4.54. The highest BCUT2D eigenvalue weighted by Gasteiger charge is 2.32. The fourth-order valence-electron chi connectivity index (χ4n) is 2.56. The molecule has 0 amide bonds. The molecule has 0 unspecified atom stereocenters. The summed E-state index contributed by atoms with van der Waals surface area (Å²) in [6.07, 6.45) is -3.14. The van der Waals surface area contributed by atoms with Crippen molar-refractivity contribution in [2.75, 3.05) is 13.7 Å². The molecule has 1 N–H and O–H groups in total. The Morgan fingerprint density at radius 1 is 1.17 bits per heavy atom. The van der Waals surface area contributed by atoms with Crippen LogP contribution in [-0.4, -0.2) is 27.1 Å². The summed E-state index contributed by atoms with van der Waals surface area (Å²) in [5.74, 6) is 1.02. The van der Waals surface area contributed by atoms with E-state index in [-0.39, 0.29) is 18.0 Å². The third kappa shape index (κ3) is 5.13. The summed E-state index contributed by atoms with van der Waals surface area (Å²) in [5, 5.41) is -0.307. The van der Waals surface area contributed by atoms with Gasteiger partial charge in [0.15, 0.2) is 0 Å². The van der Waals surface area contributed by atoms with E-state index in [0.717, 1.165) is 12.1 Å². The number of sulfonamides is 1. The van der Waals surface area contributed by atoms with Crippen molar-refractivity contribution in [2.24, 2.45) is 0 Å². The monoisotopic (exact) mass is 460 g/mol. The van der Waals surface area contributed by atoms with Gasteiger partial charge in [0, 0.05) is 18.5 Å². The SMILES string of the molecule is COc1ccc(-c2nc(CCNS(=O)(=O)c3cc(C(F)(F)F)ccc3Cl)co2)cc1. The second-order valence-electron chi connectivity index (χ2n) is 6.16. The number of nitrogens with one attached hydrogen (secondary N) is 1. The van der Waals surface area contributed by atoms with Gasteiger partial charge in [-0.25, -0.2) is 18.1 Å². The van der Waals surface area contributed by atoms with Gasteiger partial charge in [-0.2, -0.15) is 13.2 Å². The third-order valence-electron chi connectivity index (χ3n) is 4.11. The highest BCUT2D eigenvalue weighted by molar-refractivity contribution is 7.89. The Morgan fingerprint density at radius 3 is 2.50 bits per heavy atom. The molecule has 0 bridgehead atoms. The van der Waals surface area contributed by atoms with Gasteiger partial charge in [0.1, 0.15) is 16.9 Å². The molecular weight excluding hydrogens is 445 g/mol. The zero-order chi connectivity index (χ0) is 21.9. The van der Waals surface area contributed by atoms with Crippen LogP contribution in [0.5, 0.6) is 5.75 Å². The molecule has 3 aromatic rings. The van der Waals surface area contributed by atoms with Crippen LogP contribution in [0.15, 0.2) is 58.0 Å². The molecule has 0 fully saturated rings. The Balaban J connectivity index is 1.67. The van der Waals surface area contributed by atoms with Gasteiger partial charge >= 0.3 is 6.18 Å². The molecule has 160 valence electrons. The number of benzene rings is 2. The molecule has 2 aromatic carbocycles. The van der Waals surface area contributed by atoms with Crippen LogP contribution in [0.4, 0.5) is 13.2 Å². The van der Waals surface area contributed by atoms with Crippen LogP contribution < -0.4 is 9.46 Å². The number of rotatable bonds is 7. The second kappa shape index (κ2) is 8.66. The van der Waals surface area contributed by atoms with Crippen LogP contribution in [0.2, 0.25) is 5.02 Å². The van der Waals surface area contributed by atoms with E-state index in [1.807, 2.05) is 0 Å². The van der Waals surface area contributed by atoms with Gasteiger partial charge in [-0.15, -0.1) is 0 Å². The minimum Gasteiger partial charge on any atom is -0.497 e. The molecule has 0 saturated heterocycles. The number of hydrogen-bond donors (Lipinski definition) is 1. The summed E-state index contributed by atoms with van der Waals surface area (Å²) >= 11 is 5.80. The van der Waals surface area contributed by atoms with Gasteiger partial charge in [0.2, 0.25) is 15.9 Å². The molecule has 30 heavy (non-hydrogen) atoms. The molecule has 1 heterocycles. The van der Waals surface area contributed by atoms with Crippen molar-refractivity contribution >= 4 is 21.6 Å². The topological polar surface area (TPSA) is 81.4 Å². The van der Waals surface area contributed by atoms with Crippen LogP contribution in [0.1, 0.15) is 11.3 Å². The predicted molar refractivity (Wildman–Crippen MR) is 104 cm³/mol. The average molecular weight is 461 g/mol. The number of nitrogens with zero attached hydrogens (tertiary/aromatic N) is 1. The Hall–Kier alpha value is -2.56. The van der Waals surface area contributed by atoms with Crippen molar-refractivity contribution in [3.63, 3.8) is 0 Å². The van der Waals surface area contributed by atoms with Crippen molar-refractivity contribution in [2.45, 2.75) is 17.5 Å². The van der Waals surface area contributed by atoms with Gasteiger partial charge < -0.3 is 9.15 Å². The molecule has 0 atom stereocenters. The summed E-state index contributed by atoms with van der Waals surface area (Å²) in [6, 6.07) is 9.12. The Morgan fingerprint density at radius 2 is 1.87 bits per heavy atom. The Labute approximate surface area is 175 Å². The number of oxazole rings is 1. The molecule has 11 heteroatoms. The van der Waals surface area contributed by atoms with Gasteiger partial charge in [-0.1, -0.05) is 11.6 Å². The summed E-state index contributed by atoms with van der Waals surface area (Å²) in [4.78, 5) is 3.63. The van der Waals surface area contributed by atoms with Crippen LogP contribution >= 0.6 is 11.6 Å². The van der Waals surface area contributed by atoms with Crippen molar-refractivity contribution in [1.82, 2.24) is 9.71 Å². The molecule has 0 aliphatic heterocycles. The third-order valence-corrected chi connectivity index (χ3v) is 6.05. The number of hydrogen-bond acceptors (Lipinski definition) is 5. The van der Waals surface area contributed by atoms with Crippen molar-refractivity contribution in [3.05, 3.63) is 65.0 Å². The number of aromatic nitrogens is 1. The summed E-state index contributed by atoms with van der Waals surface area (Å²) in [6.45, 7) is -0.108. The van der Waals surface area contributed by atoms with Gasteiger partial charge in [0.05, 0.1) is 23.4 Å². The van der Waals surface area contributed by atoms with Crippen LogP contribution in [0.3, 0.4) is 0 Å². The Kier molecular flexibility index (Phi) is 6.39. The van der Waals surface area contributed by atoms with Crippen LogP contribution in [0.25, 0.3) is 11.5 Å². The Bertz CT molecular complexity index is 1130. The van der Waals surface area contributed by atoms with E-state index in [1.165, 1.54) is 6.26 Å². The second-order valence-corrected chi connectivity index (χ2v) is 8.31. The molecule has 0 saturated carbocycles. The number of halogens is 4. The lowest BCUT2D eigenvalue weighted by atomic mass is 10.2. The minimum atomic E-state index is -4.69. The van der Waals surface area contributed by atoms with E-state index >= 15 is 0 Å². The van der Waals surface area contributed by atoms with Gasteiger partial charge in [-0.05, 0) is 42.5 Å². The van der Waals surface area contributed by atoms with Crippen molar-refractivity contribution in [1.29, 1.82) is 0 Å². The molecule has 1 aromatic heterocycles. The van der Waals surface area contributed by atoms with E-state index in [4.69, 9.17) is 20.8 Å². The molecule has 6 nitrogen and oxygen atoms in total. The highest BCUT2D eigenvalue weighted by atomic mass is 35.5. The minimum absolute atomic E-state index is 0.108. The van der Waals surface area contributed by atoms with Crippen LogP contribution in [0, 0.1) is 0 Å².